The van der Waals surface area contributed by atoms with E-state index in [-0.39, 0.29) is 19.4 Å². The second kappa shape index (κ2) is 35.4. The molecular formula is C39H73O8P. The van der Waals surface area contributed by atoms with Crippen LogP contribution in [0.1, 0.15) is 194 Å². The van der Waals surface area contributed by atoms with Gasteiger partial charge in [-0.1, -0.05) is 141 Å². The van der Waals surface area contributed by atoms with Gasteiger partial charge in [0.25, 0.3) is 0 Å². The summed E-state index contributed by atoms with van der Waals surface area (Å²) < 4.78 is 26.3. The molecule has 0 aromatic carbocycles. The molecule has 0 fully saturated rings. The van der Waals surface area contributed by atoms with Crippen molar-refractivity contribution in [2.75, 3.05) is 13.2 Å². The van der Waals surface area contributed by atoms with Gasteiger partial charge in [0.2, 0.25) is 0 Å². The van der Waals surface area contributed by atoms with Crippen LogP contribution in [0.25, 0.3) is 0 Å². The van der Waals surface area contributed by atoms with Crippen LogP contribution in [-0.4, -0.2) is 41.0 Å². The summed E-state index contributed by atoms with van der Waals surface area (Å²) in [5, 5.41) is 0. The van der Waals surface area contributed by atoms with Crippen molar-refractivity contribution in [3.8, 4) is 0 Å². The van der Waals surface area contributed by atoms with Crippen molar-refractivity contribution in [2.45, 2.75) is 200 Å². The van der Waals surface area contributed by atoms with Crippen molar-refractivity contribution in [1.82, 2.24) is 0 Å². The number of carbonyl (C=O) groups is 2. The average Bonchev–Trinajstić information content (AvgIpc) is 3.05. The van der Waals surface area contributed by atoms with Gasteiger partial charge in [0, 0.05) is 12.8 Å². The number of phosphoric acid groups is 1. The molecule has 0 aromatic heterocycles. The molecule has 0 aliphatic carbocycles. The molecule has 0 aliphatic rings. The summed E-state index contributed by atoms with van der Waals surface area (Å²) in [7, 11) is -4.75. The Morgan fingerprint density at radius 3 is 1.31 bits per heavy atom. The molecule has 0 heterocycles. The van der Waals surface area contributed by atoms with E-state index in [0.717, 1.165) is 51.4 Å². The molecule has 2 N–H and O–H groups in total. The normalized spacial score (nSPS) is 12.7. The Balaban J connectivity index is 3.98. The fourth-order valence-corrected chi connectivity index (χ4v) is 5.84. The van der Waals surface area contributed by atoms with Crippen molar-refractivity contribution < 1.29 is 37.9 Å². The van der Waals surface area contributed by atoms with E-state index >= 15 is 0 Å². The fraction of sp³-hybridized carbons (Fsp3) is 0.846. The summed E-state index contributed by atoms with van der Waals surface area (Å²) in [5.74, 6) is -0.916. The van der Waals surface area contributed by atoms with Crippen LogP contribution in [0.2, 0.25) is 0 Å². The molecule has 0 rings (SSSR count). The lowest BCUT2D eigenvalue weighted by Crippen LogP contribution is -2.29. The number of ether oxygens (including phenoxy) is 2. The molecule has 0 amide bonds. The third kappa shape index (κ3) is 37.4. The molecule has 1 atom stereocenters. The number of rotatable bonds is 36. The van der Waals surface area contributed by atoms with Gasteiger partial charge in [0.15, 0.2) is 6.10 Å². The van der Waals surface area contributed by atoms with Gasteiger partial charge >= 0.3 is 19.8 Å². The van der Waals surface area contributed by atoms with Crippen LogP contribution in [-0.2, 0) is 28.2 Å². The molecular weight excluding hydrogens is 627 g/mol. The van der Waals surface area contributed by atoms with Gasteiger partial charge in [-0.15, -0.1) is 0 Å². The first kappa shape index (κ1) is 46.5. The summed E-state index contributed by atoms with van der Waals surface area (Å²) in [6.07, 6.45) is 39.0. The Kier molecular flexibility index (Phi) is 34.3. The van der Waals surface area contributed by atoms with E-state index in [0.29, 0.717) is 12.8 Å². The molecule has 0 saturated heterocycles. The highest BCUT2D eigenvalue weighted by atomic mass is 31.2. The molecule has 282 valence electrons. The zero-order chi connectivity index (χ0) is 35.4. The minimum atomic E-state index is -4.75. The van der Waals surface area contributed by atoms with E-state index in [9.17, 15) is 14.2 Å². The first-order valence-electron chi connectivity index (χ1n) is 19.6. The van der Waals surface area contributed by atoms with Gasteiger partial charge in [-0.3, -0.25) is 14.1 Å². The van der Waals surface area contributed by atoms with E-state index in [1.165, 1.54) is 103 Å². The number of carbonyl (C=O) groups excluding carboxylic acids is 2. The molecule has 0 unspecified atom stereocenters. The van der Waals surface area contributed by atoms with Gasteiger partial charge in [0.05, 0.1) is 6.61 Å². The highest BCUT2D eigenvalue weighted by Gasteiger charge is 2.22. The lowest BCUT2D eigenvalue weighted by atomic mass is 10.1. The number of hydrogen-bond donors (Lipinski definition) is 2. The van der Waals surface area contributed by atoms with Gasteiger partial charge in [-0.25, -0.2) is 4.57 Å². The van der Waals surface area contributed by atoms with Crippen molar-refractivity contribution >= 4 is 19.8 Å². The van der Waals surface area contributed by atoms with E-state index in [1.807, 2.05) is 0 Å². The van der Waals surface area contributed by atoms with Crippen LogP contribution in [0.15, 0.2) is 24.3 Å². The maximum absolute atomic E-state index is 12.4. The van der Waals surface area contributed by atoms with Gasteiger partial charge < -0.3 is 19.3 Å². The molecule has 0 aromatic rings. The number of hydrogen-bond acceptors (Lipinski definition) is 6. The molecule has 0 spiro atoms. The SMILES string of the molecule is CCCCCCCC/C=C\CCCCCCCC(=O)OC[C@H](COP(=O)(O)O)OC(=O)CCCC/C=C\CCCCCCCCCCC. The van der Waals surface area contributed by atoms with Gasteiger partial charge in [-0.05, 0) is 64.2 Å². The van der Waals surface area contributed by atoms with E-state index in [1.54, 1.807) is 0 Å². The second-order valence-corrected chi connectivity index (χ2v) is 14.5. The minimum Gasteiger partial charge on any atom is -0.462 e. The summed E-state index contributed by atoms with van der Waals surface area (Å²) in [6, 6.07) is 0. The maximum atomic E-state index is 12.4. The molecule has 0 radical (unpaired) electrons. The quantitative estimate of drug-likeness (QED) is 0.0287. The maximum Gasteiger partial charge on any atom is 0.469 e. The third-order valence-corrected chi connectivity index (χ3v) is 8.93. The Bertz CT molecular complexity index is 838. The van der Waals surface area contributed by atoms with Crippen LogP contribution in [0.3, 0.4) is 0 Å². The summed E-state index contributed by atoms with van der Waals surface area (Å²) in [5.41, 5.74) is 0. The molecule has 8 nitrogen and oxygen atoms in total. The Labute approximate surface area is 294 Å². The predicted molar refractivity (Wildman–Crippen MR) is 198 cm³/mol. The summed E-state index contributed by atoms with van der Waals surface area (Å²) >= 11 is 0. The monoisotopic (exact) mass is 701 g/mol. The lowest BCUT2D eigenvalue weighted by Gasteiger charge is -2.18. The van der Waals surface area contributed by atoms with Crippen molar-refractivity contribution in [3.05, 3.63) is 24.3 Å². The molecule has 0 saturated carbocycles. The van der Waals surface area contributed by atoms with E-state index in [4.69, 9.17) is 19.3 Å². The number of esters is 2. The zero-order valence-electron chi connectivity index (χ0n) is 30.9. The smallest absolute Gasteiger partial charge is 0.462 e. The zero-order valence-corrected chi connectivity index (χ0v) is 31.8. The number of unbranched alkanes of at least 4 members (excludes halogenated alkanes) is 22. The standard InChI is InChI=1S/C39H73O8P/c1-3-5-7-9-11-13-15-17-19-21-23-25-27-29-31-33-38(40)45-35-37(36-46-48(42,43)44)47-39(41)34-32-30-28-26-24-22-20-18-16-14-12-10-8-6-4-2/h17,19,24,26,37H,3-16,18,20-23,25,27-36H2,1-2H3,(H2,42,43,44)/b19-17-,26-24-/t37-/m1/s1. The molecule has 0 bridgehead atoms. The lowest BCUT2D eigenvalue weighted by molar-refractivity contribution is -0.161. The molecule has 48 heavy (non-hydrogen) atoms. The summed E-state index contributed by atoms with van der Waals surface area (Å²) in [4.78, 5) is 42.7. The largest absolute Gasteiger partial charge is 0.469 e. The first-order chi connectivity index (χ1) is 23.3. The van der Waals surface area contributed by atoms with Crippen LogP contribution < -0.4 is 0 Å². The topological polar surface area (TPSA) is 119 Å². The minimum absolute atomic E-state index is 0.182. The van der Waals surface area contributed by atoms with Crippen molar-refractivity contribution in [1.29, 1.82) is 0 Å². The van der Waals surface area contributed by atoms with Gasteiger partial charge in [0.1, 0.15) is 6.61 Å². The highest BCUT2D eigenvalue weighted by Crippen LogP contribution is 2.36. The van der Waals surface area contributed by atoms with E-state index < -0.39 is 32.5 Å². The van der Waals surface area contributed by atoms with Crippen LogP contribution in [0, 0.1) is 0 Å². The Morgan fingerprint density at radius 1 is 0.521 bits per heavy atom. The summed E-state index contributed by atoms with van der Waals surface area (Å²) in [6.45, 7) is 3.65. The Hall–Kier alpha value is -1.47. The predicted octanol–water partition coefficient (Wildman–Crippen LogP) is 11.6. The van der Waals surface area contributed by atoms with Crippen molar-refractivity contribution in [2.24, 2.45) is 0 Å². The van der Waals surface area contributed by atoms with Gasteiger partial charge in [-0.2, -0.15) is 0 Å². The molecule has 9 heteroatoms. The third-order valence-electron chi connectivity index (χ3n) is 8.44. The second-order valence-electron chi connectivity index (χ2n) is 13.2. The van der Waals surface area contributed by atoms with Crippen LogP contribution in [0.4, 0.5) is 0 Å². The van der Waals surface area contributed by atoms with E-state index in [2.05, 4.69) is 42.7 Å². The first-order valence-corrected chi connectivity index (χ1v) is 21.2. The van der Waals surface area contributed by atoms with Crippen LogP contribution >= 0.6 is 7.82 Å². The number of allylic oxidation sites excluding steroid dienone is 4. The average molecular weight is 701 g/mol. The highest BCUT2D eigenvalue weighted by molar-refractivity contribution is 7.46. The Morgan fingerprint density at radius 2 is 0.875 bits per heavy atom. The fourth-order valence-electron chi connectivity index (χ4n) is 5.48. The van der Waals surface area contributed by atoms with Crippen molar-refractivity contribution in [3.63, 3.8) is 0 Å². The van der Waals surface area contributed by atoms with Crippen LogP contribution in [0.5, 0.6) is 0 Å². The molecule has 0 aliphatic heterocycles. The number of phosphoric ester groups is 1.